The van der Waals surface area contributed by atoms with Gasteiger partial charge in [0.2, 0.25) is 0 Å². The van der Waals surface area contributed by atoms with E-state index in [9.17, 15) is 0 Å². The summed E-state index contributed by atoms with van der Waals surface area (Å²) in [5, 5.41) is 0. The highest BCUT2D eigenvalue weighted by Crippen LogP contribution is 1.90. The first-order valence-corrected chi connectivity index (χ1v) is 2.86. The minimum absolute atomic E-state index is 0. The molecule has 0 radical (unpaired) electrons. The summed E-state index contributed by atoms with van der Waals surface area (Å²) in [4.78, 5) is 0. The van der Waals surface area contributed by atoms with Crippen LogP contribution in [0.4, 0.5) is 0 Å². The molecule has 0 aromatic carbocycles. The Kier molecular flexibility index (Phi) is 20.2. The molecule has 0 aromatic heterocycles. The number of hydrogen-bond donors (Lipinski definition) is 0. The minimum Gasteiger partial charge on any atom is -0.331 e. The molecule has 0 N–H and O–H groups in total. The van der Waals surface area contributed by atoms with Crippen LogP contribution in [0.5, 0.6) is 0 Å². The molecule has 1 heteroatoms. The summed E-state index contributed by atoms with van der Waals surface area (Å²) in [5.41, 5.74) is 0. The van der Waals surface area contributed by atoms with Gasteiger partial charge < -0.3 is 4.48 Å². The maximum Gasteiger partial charge on any atom is 0.0777 e. The van der Waals surface area contributed by atoms with E-state index < -0.39 is 0 Å². The van der Waals surface area contributed by atoms with E-state index in [1.807, 2.05) is 0 Å². The molecular weight excluding hydrogens is 122 g/mol. The fourth-order valence-corrected chi connectivity index (χ4v) is 0.671. The quantitative estimate of drug-likeness (QED) is 0.531. The number of quaternary nitrogens is 1. The Labute approximate surface area is 68.6 Å². The van der Waals surface area contributed by atoms with Crippen molar-refractivity contribution in [1.82, 2.24) is 0 Å². The van der Waals surface area contributed by atoms with E-state index in [-0.39, 0.29) is 22.3 Å². The Hall–Kier alpha value is -0.0400. The molecule has 0 bridgehead atoms. The molecular formula is C9H28N+. The molecule has 68 valence electrons. The topological polar surface area (TPSA) is 0 Å². The second-order valence-electron chi connectivity index (χ2n) is 3.01. The van der Waals surface area contributed by atoms with E-state index in [0.717, 1.165) is 4.48 Å². The van der Waals surface area contributed by atoms with Gasteiger partial charge in [0.15, 0.2) is 0 Å². The van der Waals surface area contributed by atoms with Gasteiger partial charge in [0.1, 0.15) is 0 Å². The van der Waals surface area contributed by atoms with Crippen LogP contribution in [0.1, 0.15) is 35.6 Å². The highest BCUT2D eigenvalue weighted by Gasteiger charge is 2.01. The highest BCUT2D eigenvalue weighted by molar-refractivity contribution is 4.20. The largest absolute Gasteiger partial charge is 0.331 e. The fourth-order valence-electron chi connectivity index (χ4n) is 0.671. The molecule has 10 heavy (non-hydrogen) atoms. The summed E-state index contributed by atoms with van der Waals surface area (Å²) in [6.07, 6.45) is 1.28. The molecule has 0 aromatic rings. The molecule has 0 unspecified atom stereocenters. The predicted molar refractivity (Wildman–Crippen MR) is 53.4 cm³/mol. The molecule has 0 heterocycles. The smallest absolute Gasteiger partial charge is 0.0777 e. The van der Waals surface area contributed by atoms with Crippen LogP contribution < -0.4 is 0 Å². The second-order valence-corrected chi connectivity index (χ2v) is 3.01. The molecule has 1 nitrogen and oxygen atoms in total. The zero-order valence-electron chi connectivity index (χ0n) is 5.86. The monoisotopic (exact) mass is 150 g/mol. The van der Waals surface area contributed by atoms with Gasteiger partial charge >= 0.3 is 0 Å². The molecule has 0 saturated carbocycles. The average molecular weight is 150 g/mol. The Bertz CT molecular complexity index is 43.2. The van der Waals surface area contributed by atoms with Crippen LogP contribution in [0.3, 0.4) is 0 Å². The fraction of sp³-hybridized carbons (Fsp3) is 1.00. The normalized spacial score (nSPS) is 8.40. The average Bonchev–Trinajstić information content (AvgIpc) is 1.30. The standard InChI is InChI=1S/C6H16N.3CH4/c1-5-6-7(2,3)4;;;/h5-6H2,1-4H3;3*1H4/q+1;;;. The summed E-state index contributed by atoms with van der Waals surface area (Å²) in [7, 11) is 6.64. The lowest BCUT2D eigenvalue weighted by Gasteiger charge is -2.22. The first-order chi connectivity index (χ1) is 3.06. The van der Waals surface area contributed by atoms with Crippen molar-refractivity contribution in [2.24, 2.45) is 0 Å². The van der Waals surface area contributed by atoms with Gasteiger partial charge in [0.25, 0.3) is 0 Å². The zero-order valence-corrected chi connectivity index (χ0v) is 5.86. The summed E-state index contributed by atoms with van der Waals surface area (Å²) in [5.74, 6) is 0. The lowest BCUT2D eigenvalue weighted by Crippen LogP contribution is -2.34. The summed E-state index contributed by atoms with van der Waals surface area (Å²) >= 11 is 0. The van der Waals surface area contributed by atoms with Crippen LogP contribution in [0.15, 0.2) is 0 Å². The second kappa shape index (κ2) is 8.96. The van der Waals surface area contributed by atoms with Gasteiger partial charge in [-0.25, -0.2) is 0 Å². The van der Waals surface area contributed by atoms with Crippen molar-refractivity contribution in [3.8, 4) is 0 Å². The van der Waals surface area contributed by atoms with Crippen molar-refractivity contribution in [1.29, 1.82) is 0 Å². The molecule has 0 rings (SSSR count). The maximum absolute atomic E-state index is 2.21. The van der Waals surface area contributed by atoms with E-state index in [1.54, 1.807) is 0 Å². The third-order valence-electron chi connectivity index (χ3n) is 0.894. The third-order valence-corrected chi connectivity index (χ3v) is 0.894. The molecule has 0 aliphatic heterocycles. The van der Waals surface area contributed by atoms with Gasteiger partial charge in [-0.1, -0.05) is 29.2 Å². The molecule has 0 aliphatic carbocycles. The number of nitrogens with zero attached hydrogens (tertiary/aromatic N) is 1. The van der Waals surface area contributed by atoms with E-state index in [0.29, 0.717) is 0 Å². The van der Waals surface area contributed by atoms with Crippen LogP contribution in [0.2, 0.25) is 0 Å². The molecule has 0 aliphatic rings. The number of hydrogen-bond acceptors (Lipinski definition) is 0. The SMILES string of the molecule is C.C.C.CCC[N+](C)(C)C. The lowest BCUT2D eigenvalue weighted by atomic mass is 10.4. The molecule has 0 amide bonds. The van der Waals surface area contributed by atoms with E-state index >= 15 is 0 Å². The van der Waals surface area contributed by atoms with Crippen molar-refractivity contribution >= 4 is 0 Å². The van der Waals surface area contributed by atoms with Gasteiger partial charge in [-0.05, 0) is 6.42 Å². The third kappa shape index (κ3) is 24.6. The Morgan fingerprint density at radius 1 is 0.900 bits per heavy atom. The lowest BCUT2D eigenvalue weighted by molar-refractivity contribution is -0.870. The van der Waals surface area contributed by atoms with Gasteiger partial charge in [0, 0.05) is 0 Å². The first kappa shape index (κ1) is 22.5. The van der Waals surface area contributed by atoms with Crippen molar-refractivity contribution in [3.63, 3.8) is 0 Å². The van der Waals surface area contributed by atoms with Gasteiger partial charge in [-0.15, -0.1) is 0 Å². The molecule has 0 fully saturated rings. The highest BCUT2D eigenvalue weighted by atomic mass is 15.3. The van der Waals surface area contributed by atoms with Crippen LogP contribution in [0.25, 0.3) is 0 Å². The van der Waals surface area contributed by atoms with Crippen LogP contribution in [-0.2, 0) is 0 Å². The Balaban J connectivity index is -0.0000000600. The van der Waals surface area contributed by atoms with Crippen LogP contribution in [0, 0.1) is 0 Å². The van der Waals surface area contributed by atoms with Gasteiger partial charge in [0.05, 0.1) is 27.7 Å². The van der Waals surface area contributed by atoms with Gasteiger partial charge in [-0.2, -0.15) is 0 Å². The number of rotatable bonds is 2. The minimum atomic E-state index is 0. The Morgan fingerprint density at radius 2 is 1.20 bits per heavy atom. The van der Waals surface area contributed by atoms with E-state index in [1.165, 1.54) is 13.0 Å². The maximum atomic E-state index is 2.21. The summed E-state index contributed by atoms with van der Waals surface area (Å²) < 4.78 is 1.09. The molecule has 0 atom stereocenters. The first-order valence-electron chi connectivity index (χ1n) is 2.86. The van der Waals surface area contributed by atoms with Crippen LogP contribution in [-0.4, -0.2) is 32.2 Å². The zero-order chi connectivity index (χ0) is 5.91. The summed E-state index contributed by atoms with van der Waals surface area (Å²) in [6.45, 7) is 3.49. The van der Waals surface area contributed by atoms with E-state index in [4.69, 9.17) is 0 Å². The predicted octanol–water partition coefficient (Wildman–Crippen LogP) is 3.01. The van der Waals surface area contributed by atoms with Gasteiger partial charge in [-0.3, -0.25) is 0 Å². The molecule has 0 saturated heterocycles. The van der Waals surface area contributed by atoms with Crippen molar-refractivity contribution < 1.29 is 4.48 Å². The Morgan fingerprint density at radius 3 is 1.20 bits per heavy atom. The van der Waals surface area contributed by atoms with Crippen molar-refractivity contribution in [2.75, 3.05) is 27.7 Å². The van der Waals surface area contributed by atoms with Crippen molar-refractivity contribution in [2.45, 2.75) is 35.6 Å². The van der Waals surface area contributed by atoms with Crippen LogP contribution >= 0.6 is 0 Å². The summed E-state index contributed by atoms with van der Waals surface area (Å²) in [6, 6.07) is 0. The molecule has 0 spiro atoms. The van der Waals surface area contributed by atoms with Crippen molar-refractivity contribution in [3.05, 3.63) is 0 Å². The van der Waals surface area contributed by atoms with E-state index in [2.05, 4.69) is 28.1 Å².